The Labute approximate surface area is 94.2 Å². The number of halogens is 1. The van der Waals surface area contributed by atoms with E-state index in [1.165, 1.54) is 0 Å². The van der Waals surface area contributed by atoms with Crippen molar-refractivity contribution in [1.82, 2.24) is 0 Å². The molecule has 0 aliphatic carbocycles. The summed E-state index contributed by atoms with van der Waals surface area (Å²) in [6.45, 7) is 4.03. The van der Waals surface area contributed by atoms with Crippen LogP contribution in [-0.2, 0) is 5.54 Å². The van der Waals surface area contributed by atoms with Crippen LogP contribution in [0.4, 0.5) is 5.69 Å². The van der Waals surface area contributed by atoms with Gasteiger partial charge in [0.15, 0.2) is 0 Å². The van der Waals surface area contributed by atoms with Gasteiger partial charge in [-0.25, -0.2) is 0 Å². The predicted molar refractivity (Wildman–Crippen MR) is 65.7 cm³/mol. The van der Waals surface area contributed by atoms with E-state index >= 15 is 0 Å². The van der Waals surface area contributed by atoms with Gasteiger partial charge in [0.05, 0.1) is 0 Å². The van der Waals surface area contributed by atoms with Gasteiger partial charge < -0.3 is 10.6 Å². The molecule has 2 N–H and O–H groups in total. The quantitative estimate of drug-likeness (QED) is 0.882. The highest BCUT2D eigenvalue weighted by atomic mass is 79.9. The Kier molecular flexibility index (Phi) is 3.22. The smallest absolute Gasteiger partial charge is 0.0423 e. The Hall–Kier alpha value is -0.540. The lowest BCUT2D eigenvalue weighted by Gasteiger charge is -2.27. The highest BCUT2D eigenvalue weighted by molar-refractivity contribution is 9.10. The first-order chi connectivity index (χ1) is 6.34. The minimum atomic E-state index is -0.334. The van der Waals surface area contributed by atoms with Crippen molar-refractivity contribution in [3.8, 4) is 0 Å². The summed E-state index contributed by atoms with van der Waals surface area (Å²) >= 11 is 3.54. The van der Waals surface area contributed by atoms with Gasteiger partial charge in [0.25, 0.3) is 0 Å². The summed E-state index contributed by atoms with van der Waals surface area (Å²) in [5, 5.41) is 0. The molecule has 0 aliphatic rings. The average molecular weight is 257 g/mol. The molecule has 1 aromatic rings. The molecule has 0 bridgehead atoms. The molecular weight excluding hydrogens is 240 g/mol. The summed E-state index contributed by atoms with van der Waals surface area (Å²) < 4.78 is 1.07. The molecule has 0 aromatic heterocycles. The molecule has 0 spiro atoms. The van der Waals surface area contributed by atoms with Gasteiger partial charge in [-0.3, -0.25) is 0 Å². The van der Waals surface area contributed by atoms with Crippen molar-refractivity contribution in [3.63, 3.8) is 0 Å². The van der Waals surface area contributed by atoms with Crippen LogP contribution in [0.15, 0.2) is 22.7 Å². The summed E-state index contributed by atoms with van der Waals surface area (Å²) in [5.41, 5.74) is 8.11. The lowest BCUT2D eigenvalue weighted by Crippen LogP contribution is -2.31. The molecule has 0 unspecified atom stereocenters. The monoisotopic (exact) mass is 256 g/mol. The molecule has 0 amide bonds. The van der Waals surface area contributed by atoms with Gasteiger partial charge in [0, 0.05) is 35.4 Å². The van der Waals surface area contributed by atoms with Crippen LogP contribution >= 0.6 is 15.9 Å². The fourth-order valence-electron chi connectivity index (χ4n) is 1.52. The molecule has 0 radical (unpaired) electrons. The molecule has 0 atom stereocenters. The third-order valence-corrected chi connectivity index (χ3v) is 2.78. The molecule has 1 aromatic carbocycles. The number of hydrogen-bond acceptors (Lipinski definition) is 2. The van der Waals surface area contributed by atoms with Gasteiger partial charge >= 0.3 is 0 Å². The molecule has 1 rings (SSSR count). The van der Waals surface area contributed by atoms with E-state index in [9.17, 15) is 0 Å². The number of hydrogen-bond donors (Lipinski definition) is 1. The number of anilines is 1. The van der Waals surface area contributed by atoms with E-state index in [0.717, 1.165) is 15.7 Å². The first-order valence-electron chi connectivity index (χ1n) is 4.59. The Morgan fingerprint density at radius 2 is 1.86 bits per heavy atom. The van der Waals surface area contributed by atoms with Crippen LogP contribution in [0, 0.1) is 0 Å². The van der Waals surface area contributed by atoms with E-state index in [4.69, 9.17) is 5.73 Å². The van der Waals surface area contributed by atoms with Gasteiger partial charge in [0.1, 0.15) is 0 Å². The van der Waals surface area contributed by atoms with Crippen molar-refractivity contribution in [2.45, 2.75) is 19.4 Å². The lowest BCUT2D eigenvalue weighted by molar-refractivity contribution is 0.551. The van der Waals surface area contributed by atoms with Gasteiger partial charge in [-0.2, -0.15) is 0 Å². The lowest BCUT2D eigenvalue weighted by atomic mass is 9.93. The molecule has 0 heterocycles. The van der Waals surface area contributed by atoms with Crippen LogP contribution in [0.3, 0.4) is 0 Å². The van der Waals surface area contributed by atoms with Crippen molar-refractivity contribution in [1.29, 1.82) is 0 Å². The largest absolute Gasteiger partial charge is 0.377 e. The van der Waals surface area contributed by atoms with Gasteiger partial charge in [-0.15, -0.1) is 0 Å². The number of benzene rings is 1. The fraction of sp³-hybridized carbons (Fsp3) is 0.455. The normalized spacial score (nSPS) is 11.6. The molecule has 2 nitrogen and oxygen atoms in total. The third kappa shape index (κ3) is 2.28. The summed E-state index contributed by atoms with van der Waals surface area (Å²) in [6, 6.07) is 6.13. The molecule has 14 heavy (non-hydrogen) atoms. The van der Waals surface area contributed by atoms with Crippen molar-refractivity contribution < 1.29 is 0 Å². The van der Waals surface area contributed by atoms with Crippen LogP contribution in [0.1, 0.15) is 19.4 Å². The zero-order chi connectivity index (χ0) is 10.9. The van der Waals surface area contributed by atoms with Gasteiger partial charge in [-0.1, -0.05) is 22.0 Å². The topological polar surface area (TPSA) is 29.3 Å². The van der Waals surface area contributed by atoms with Crippen LogP contribution < -0.4 is 10.6 Å². The van der Waals surface area contributed by atoms with E-state index in [1.807, 2.05) is 40.1 Å². The van der Waals surface area contributed by atoms with E-state index in [1.54, 1.807) is 0 Å². The second-order valence-electron chi connectivity index (χ2n) is 4.25. The molecule has 0 fully saturated rings. The van der Waals surface area contributed by atoms with Crippen molar-refractivity contribution in [2.75, 3.05) is 19.0 Å². The molecule has 78 valence electrons. The van der Waals surface area contributed by atoms with Crippen LogP contribution in [0.5, 0.6) is 0 Å². The van der Waals surface area contributed by atoms with E-state index in [0.29, 0.717) is 0 Å². The summed E-state index contributed by atoms with van der Waals surface area (Å²) in [4.78, 5) is 2.08. The summed E-state index contributed by atoms with van der Waals surface area (Å²) in [6.07, 6.45) is 0. The standard InChI is InChI=1S/C11H17BrN2/c1-11(2,13)10-8(12)6-5-7-9(10)14(3)4/h5-7H,13H2,1-4H3. The minimum absolute atomic E-state index is 0.334. The Morgan fingerprint density at radius 3 is 2.21 bits per heavy atom. The maximum atomic E-state index is 6.14. The van der Waals surface area contributed by atoms with Gasteiger partial charge in [0.2, 0.25) is 0 Å². The molecule has 3 heteroatoms. The SMILES string of the molecule is CN(C)c1cccc(Br)c1C(C)(C)N. The zero-order valence-corrected chi connectivity index (χ0v) is 10.7. The molecular formula is C11H17BrN2. The highest BCUT2D eigenvalue weighted by Crippen LogP contribution is 2.34. The predicted octanol–water partition coefficient (Wildman–Crippen LogP) is 2.71. The van der Waals surface area contributed by atoms with E-state index in [-0.39, 0.29) is 5.54 Å². The van der Waals surface area contributed by atoms with Crippen molar-refractivity contribution >= 4 is 21.6 Å². The maximum absolute atomic E-state index is 6.14. The first kappa shape index (κ1) is 11.5. The van der Waals surface area contributed by atoms with Crippen LogP contribution in [0.2, 0.25) is 0 Å². The fourth-order valence-corrected chi connectivity index (χ4v) is 2.39. The summed E-state index contributed by atoms with van der Waals surface area (Å²) in [7, 11) is 4.05. The maximum Gasteiger partial charge on any atom is 0.0423 e. The van der Waals surface area contributed by atoms with Crippen LogP contribution in [-0.4, -0.2) is 14.1 Å². The molecule has 0 aliphatic heterocycles. The molecule has 0 saturated heterocycles. The summed E-state index contributed by atoms with van der Waals surface area (Å²) in [5.74, 6) is 0. The van der Waals surface area contributed by atoms with E-state index in [2.05, 4.69) is 26.9 Å². The number of rotatable bonds is 2. The number of nitrogens with zero attached hydrogens (tertiary/aromatic N) is 1. The highest BCUT2D eigenvalue weighted by Gasteiger charge is 2.21. The second kappa shape index (κ2) is 3.91. The second-order valence-corrected chi connectivity index (χ2v) is 5.10. The molecule has 0 saturated carbocycles. The average Bonchev–Trinajstić information content (AvgIpc) is 2.01. The van der Waals surface area contributed by atoms with Gasteiger partial charge in [-0.05, 0) is 26.0 Å². The zero-order valence-electron chi connectivity index (χ0n) is 9.13. The van der Waals surface area contributed by atoms with E-state index < -0.39 is 0 Å². The third-order valence-electron chi connectivity index (χ3n) is 2.12. The Bertz CT molecular complexity index is 327. The van der Waals surface area contributed by atoms with Crippen molar-refractivity contribution in [3.05, 3.63) is 28.2 Å². The van der Waals surface area contributed by atoms with Crippen LogP contribution in [0.25, 0.3) is 0 Å². The Morgan fingerprint density at radius 1 is 1.29 bits per heavy atom. The Balaban J connectivity index is 3.38. The number of nitrogens with two attached hydrogens (primary N) is 1. The van der Waals surface area contributed by atoms with Crippen molar-refractivity contribution in [2.24, 2.45) is 5.73 Å². The first-order valence-corrected chi connectivity index (χ1v) is 5.38. The minimum Gasteiger partial charge on any atom is -0.377 e.